The van der Waals surface area contributed by atoms with E-state index in [1.807, 2.05) is 0 Å². The van der Waals surface area contributed by atoms with Crippen LogP contribution in [0.2, 0.25) is 0 Å². The van der Waals surface area contributed by atoms with Gasteiger partial charge in [-0.1, -0.05) is 0 Å². The summed E-state index contributed by atoms with van der Waals surface area (Å²) < 4.78 is 40.0. The minimum Gasteiger partial charge on any atom is -0.369 e. The van der Waals surface area contributed by atoms with Crippen LogP contribution in [0.5, 0.6) is 0 Å². The number of hydrogen-bond acceptors (Lipinski definition) is 4. The van der Waals surface area contributed by atoms with Crippen molar-refractivity contribution in [3.63, 3.8) is 0 Å². The number of nitrogens with zero attached hydrogens (tertiary/aromatic N) is 2. The van der Waals surface area contributed by atoms with Crippen molar-refractivity contribution in [1.82, 2.24) is 9.78 Å². The van der Waals surface area contributed by atoms with Crippen molar-refractivity contribution in [2.75, 3.05) is 11.9 Å². The molecule has 0 unspecified atom stereocenters. The molecule has 2 rings (SSSR count). The van der Waals surface area contributed by atoms with E-state index in [9.17, 15) is 18.0 Å². The maximum atomic E-state index is 11.8. The summed E-state index contributed by atoms with van der Waals surface area (Å²) in [6, 6.07) is 0. The number of carbonyl (C=O) groups is 1. The van der Waals surface area contributed by atoms with Crippen LogP contribution in [-0.2, 0) is 11.3 Å². The molecule has 0 spiro atoms. The maximum Gasteiger partial charge on any atom is 0.575 e. The summed E-state index contributed by atoms with van der Waals surface area (Å²) in [4.78, 5) is 11.0. The molecule has 0 fully saturated rings. The number of aromatic nitrogens is 2. The lowest BCUT2D eigenvalue weighted by molar-refractivity contribution is -0.291. The molecule has 8 heteroatoms. The third-order valence-electron chi connectivity index (χ3n) is 1.88. The second-order valence-corrected chi connectivity index (χ2v) is 2.89. The van der Waals surface area contributed by atoms with Crippen LogP contribution >= 0.6 is 0 Å². The molecule has 0 amide bonds. The Labute approximate surface area is 81.8 Å². The van der Waals surface area contributed by atoms with Crippen LogP contribution in [-0.4, -0.2) is 28.7 Å². The molecule has 1 aliphatic rings. The van der Waals surface area contributed by atoms with Gasteiger partial charge in [0, 0.05) is 6.54 Å². The van der Waals surface area contributed by atoms with Gasteiger partial charge in [-0.3, -0.25) is 0 Å². The fraction of sp³-hybridized carbons (Fsp3) is 0.429. The number of anilines is 1. The third-order valence-corrected chi connectivity index (χ3v) is 1.88. The lowest BCUT2D eigenvalue weighted by Crippen LogP contribution is -2.19. The summed E-state index contributed by atoms with van der Waals surface area (Å²) in [5, 5.41) is 6.48. The van der Waals surface area contributed by atoms with Gasteiger partial charge in [-0.05, 0) is 0 Å². The first-order valence-corrected chi connectivity index (χ1v) is 4.07. The fourth-order valence-electron chi connectivity index (χ4n) is 1.33. The van der Waals surface area contributed by atoms with Gasteiger partial charge in [-0.15, -0.1) is 13.2 Å². The molecule has 2 heterocycles. The Hall–Kier alpha value is -1.73. The molecule has 15 heavy (non-hydrogen) atoms. The molecule has 1 N–H and O–H groups in total. The van der Waals surface area contributed by atoms with Crippen LogP contribution in [0.4, 0.5) is 19.0 Å². The molecule has 0 saturated carbocycles. The van der Waals surface area contributed by atoms with Crippen molar-refractivity contribution in [3.8, 4) is 0 Å². The zero-order chi connectivity index (χ0) is 11.1. The van der Waals surface area contributed by atoms with Crippen LogP contribution < -0.4 is 5.32 Å². The predicted molar refractivity (Wildman–Crippen MR) is 42.2 cm³/mol. The number of halogens is 3. The Kier molecular flexibility index (Phi) is 2.06. The minimum atomic E-state index is -4.97. The van der Waals surface area contributed by atoms with E-state index in [-0.39, 0.29) is 11.4 Å². The Morgan fingerprint density at radius 1 is 1.60 bits per heavy atom. The Morgan fingerprint density at radius 3 is 3.00 bits per heavy atom. The highest BCUT2D eigenvalue weighted by Crippen LogP contribution is 2.24. The van der Waals surface area contributed by atoms with Crippen LogP contribution in [0.25, 0.3) is 0 Å². The quantitative estimate of drug-likeness (QED) is 0.718. The smallest absolute Gasteiger partial charge is 0.369 e. The highest BCUT2D eigenvalue weighted by Gasteiger charge is 2.36. The molecule has 0 bridgehead atoms. The average Bonchev–Trinajstić information content (AvgIpc) is 2.57. The molecule has 1 aromatic heterocycles. The Balaban J connectivity index is 2.20. The second kappa shape index (κ2) is 3.14. The first-order chi connectivity index (χ1) is 6.97. The summed E-state index contributed by atoms with van der Waals surface area (Å²) in [6.07, 6.45) is -3.92. The lowest BCUT2D eigenvalue weighted by Gasteiger charge is -2.06. The van der Waals surface area contributed by atoms with Crippen molar-refractivity contribution in [3.05, 3.63) is 11.8 Å². The van der Waals surface area contributed by atoms with E-state index in [1.165, 1.54) is 4.68 Å². The molecule has 1 aromatic rings. The van der Waals surface area contributed by atoms with E-state index in [0.29, 0.717) is 13.1 Å². The van der Waals surface area contributed by atoms with E-state index in [1.54, 1.807) is 0 Å². The molecule has 0 aromatic carbocycles. The SMILES string of the molecule is O=C(OC(F)(F)F)c1cnn2c1NCC2. The van der Waals surface area contributed by atoms with Crippen molar-refractivity contribution in [1.29, 1.82) is 0 Å². The van der Waals surface area contributed by atoms with Gasteiger partial charge in [0.2, 0.25) is 0 Å². The minimum absolute atomic E-state index is 0.204. The molecule has 0 radical (unpaired) electrons. The first kappa shape index (κ1) is 9.81. The summed E-state index contributed by atoms with van der Waals surface area (Å²) in [5.74, 6) is -1.18. The van der Waals surface area contributed by atoms with Crippen molar-refractivity contribution in [2.45, 2.75) is 12.9 Å². The zero-order valence-corrected chi connectivity index (χ0v) is 7.34. The van der Waals surface area contributed by atoms with E-state index < -0.39 is 12.3 Å². The van der Waals surface area contributed by atoms with E-state index in [4.69, 9.17) is 0 Å². The van der Waals surface area contributed by atoms with Gasteiger partial charge in [0.1, 0.15) is 11.4 Å². The normalized spacial score (nSPS) is 14.6. The largest absolute Gasteiger partial charge is 0.575 e. The van der Waals surface area contributed by atoms with Gasteiger partial charge >= 0.3 is 12.3 Å². The number of carbonyl (C=O) groups excluding carboxylic acids is 1. The summed E-state index contributed by atoms with van der Waals surface area (Å²) in [6.45, 7) is 1.06. The van der Waals surface area contributed by atoms with E-state index >= 15 is 0 Å². The van der Waals surface area contributed by atoms with Crippen LogP contribution in [0.3, 0.4) is 0 Å². The Bertz CT molecular complexity index is 399. The van der Waals surface area contributed by atoms with Crippen LogP contribution in [0, 0.1) is 0 Å². The second-order valence-electron chi connectivity index (χ2n) is 2.89. The predicted octanol–water partition coefficient (Wildman–Crippen LogP) is 0.985. The number of ether oxygens (including phenoxy) is 1. The summed E-state index contributed by atoms with van der Waals surface area (Å²) in [5.41, 5.74) is -0.204. The van der Waals surface area contributed by atoms with Gasteiger partial charge in [-0.25, -0.2) is 9.48 Å². The zero-order valence-electron chi connectivity index (χ0n) is 7.34. The summed E-state index contributed by atoms with van der Waals surface area (Å²) >= 11 is 0. The monoisotopic (exact) mass is 221 g/mol. The van der Waals surface area contributed by atoms with E-state index in [2.05, 4.69) is 15.2 Å². The average molecular weight is 221 g/mol. The maximum absolute atomic E-state index is 11.8. The number of rotatable bonds is 1. The van der Waals surface area contributed by atoms with E-state index in [0.717, 1.165) is 6.20 Å². The highest BCUT2D eigenvalue weighted by atomic mass is 19.4. The highest BCUT2D eigenvalue weighted by molar-refractivity contribution is 5.94. The van der Waals surface area contributed by atoms with Crippen LogP contribution in [0.1, 0.15) is 10.4 Å². The van der Waals surface area contributed by atoms with Crippen molar-refractivity contribution >= 4 is 11.8 Å². The third kappa shape index (κ3) is 1.88. The van der Waals surface area contributed by atoms with Gasteiger partial charge in [-0.2, -0.15) is 5.10 Å². The number of alkyl halides is 3. The summed E-state index contributed by atoms with van der Waals surface area (Å²) in [7, 11) is 0. The molecule has 0 aliphatic carbocycles. The molecular formula is C7H6F3N3O2. The van der Waals surface area contributed by atoms with Crippen molar-refractivity contribution in [2.24, 2.45) is 0 Å². The number of esters is 1. The molecule has 1 aliphatic heterocycles. The molecule has 0 saturated heterocycles. The van der Waals surface area contributed by atoms with Crippen molar-refractivity contribution < 1.29 is 22.7 Å². The number of nitrogens with one attached hydrogen (secondary N) is 1. The number of hydrogen-bond donors (Lipinski definition) is 1. The Morgan fingerprint density at radius 2 is 2.33 bits per heavy atom. The topological polar surface area (TPSA) is 56.1 Å². The fourth-order valence-corrected chi connectivity index (χ4v) is 1.33. The first-order valence-electron chi connectivity index (χ1n) is 4.07. The molecule has 5 nitrogen and oxygen atoms in total. The van der Waals surface area contributed by atoms with Gasteiger partial charge < -0.3 is 10.1 Å². The number of fused-ring (bicyclic) bond motifs is 1. The van der Waals surface area contributed by atoms with Gasteiger partial charge in [0.15, 0.2) is 0 Å². The van der Waals surface area contributed by atoms with Gasteiger partial charge in [0.25, 0.3) is 0 Å². The van der Waals surface area contributed by atoms with Crippen LogP contribution in [0.15, 0.2) is 6.20 Å². The van der Waals surface area contributed by atoms with Gasteiger partial charge in [0.05, 0.1) is 12.7 Å². The standard InChI is InChI=1S/C7H6F3N3O2/c8-7(9,10)15-6(14)4-3-12-13-2-1-11-5(4)13/h3,11H,1-2H2. The molecule has 82 valence electrons. The molecular weight excluding hydrogens is 215 g/mol. The molecule has 0 atom stereocenters. The lowest BCUT2D eigenvalue weighted by atomic mass is 10.3.